The number of carbonyl (C=O) groups excluding carboxylic acids is 2. The van der Waals surface area contributed by atoms with Gasteiger partial charge in [0.15, 0.2) is 5.66 Å². The molecule has 2 heterocycles. The van der Waals surface area contributed by atoms with E-state index < -0.39 is 5.66 Å². The highest BCUT2D eigenvalue weighted by molar-refractivity contribution is 5.92. The number of rotatable bonds is 8. The lowest BCUT2D eigenvalue weighted by atomic mass is 10.0. The normalized spacial score (nSPS) is 18.4. The van der Waals surface area contributed by atoms with Crippen molar-refractivity contribution in [3.05, 3.63) is 29.8 Å². The summed E-state index contributed by atoms with van der Waals surface area (Å²) in [7, 11) is 0. The maximum atomic E-state index is 12.2. The maximum absolute atomic E-state index is 12.2. The number of nitrogens with zero attached hydrogens (tertiary/aromatic N) is 3. The van der Waals surface area contributed by atoms with Crippen molar-refractivity contribution < 1.29 is 9.59 Å². The van der Waals surface area contributed by atoms with Crippen LogP contribution in [0.1, 0.15) is 50.6 Å². The van der Waals surface area contributed by atoms with E-state index in [0.29, 0.717) is 25.7 Å². The molecule has 0 aromatic heterocycles. The summed E-state index contributed by atoms with van der Waals surface area (Å²) in [4.78, 5) is 25.9. The van der Waals surface area contributed by atoms with E-state index in [1.807, 2.05) is 31.2 Å². The molecule has 1 aromatic rings. The standard InChI is InChI=1S/C20H25N5O2/c1-3-4-11-20(23-24-20)12-10-18(26)22-15(2)16-6-8-17(9-7-16)25-14-5-13-21-19(25)27/h1,6-9,15H,4-5,10-14H2,2H3,(H,21,27)(H,22,26). The molecule has 142 valence electrons. The summed E-state index contributed by atoms with van der Waals surface area (Å²) in [6.07, 6.45) is 8.50. The summed E-state index contributed by atoms with van der Waals surface area (Å²) in [5, 5.41) is 14.0. The monoisotopic (exact) mass is 367 g/mol. The van der Waals surface area contributed by atoms with Crippen LogP contribution in [0.5, 0.6) is 0 Å². The Morgan fingerprint density at radius 1 is 1.37 bits per heavy atom. The molecule has 0 saturated carbocycles. The van der Waals surface area contributed by atoms with Gasteiger partial charge in [-0.15, -0.1) is 12.3 Å². The van der Waals surface area contributed by atoms with Gasteiger partial charge in [-0.3, -0.25) is 9.69 Å². The van der Waals surface area contributed by atoms with Crippen molar-refractivity contribution >= 4 is 17.6 Å². The minimum absolute atomic E-state index is 0.0284. The first kappa shape index (κ1) is 18.9. The van der Waals surface area contributed by atoms with E-state index in [1.165, 1.54) is 0 Å². The summed E-state index contributed by atoms with van der Waals surface area (Å²) >= 11 is 0. The zero-order valence-electron chi connectivity index (χ0n) is 15.6. The van der Waals surface area contributed by atoms with Gasteiger partial charge in [0.2, 0.25) is 5.91 Å². The molecule has 7 nitrogen and oxygen atoms in total. The number of carbonyl (C=O) groups is 2. The third-order valence-corrected chi connectivity index (χ3v) is 4.97. The van der Waals surface area contributed by atoms with Gasteiger partial charge in [-0.1, -0.05) is 12.1 Å². The zero-order chi connectivity index (χ0) is 19.3. The second-order valence-corrected chi connectivity index (χ2v) is 7.00. The van der Waals surface area contributed by atoms with Crippen LogP contribution in [0.4, 0.5) is 10.5 Å². The van der Waals surface area contributed by atoms with Gasteiger partial charge in [0.1, 0.15) is 0 Å². The highest BCUT2D eigenvalue weighted by Gasteiger charge is 2.39. The molecule has 0 spiro atoms. The summed E-state index contributed by atoms with van der Waals surface area (Å²) in [5.74, 6) is 2.56. The Kier molecular flexibility index (Phi) is 5.75. The second kappa shape index (κ2) is 8.21. The van der Waals surface area contributed by atoms with Crippen LogP contribution in [-0.4, -0.2) is 30.7 Å². The molecule has 2 aliphatic heterocycles. The van der Waals surface area contributed by atoms with Crippen LogP contribution in [0.2, 0.25) is 0 Å². The molecule has 0 radical (unpaired) electrons. The molecular weight excluding hydrogens is 342 g/mol. The molecule has 1 saturated heterocycles. The summed E-state index contributed by atoms with van der Waals surface area (Å²) in [6.45, 7) is 3.39. The maximum Gasteiger partial charge on any atom is 0.321 e. The number of anilines is 1. The van der Waals surface area contributed by atoms with Crippen molar-refractivity contribution in [1.29, 1.82) is 0 Å². The fourth-order valence-electron chi connectivity index (χ4n) is 3.20. The van der Waals surface area contributed by atoms with Crippen LogP contribution >= 0.6 is 0 Å². The van der Waals surface area contributed by atoms with Gasteiger partial charge >= 0.3 is 6.03 Å². The van der Waals surface area contributed by atoms with E-state index in [9.17, 15) is 9.59 Å². The van der Waals surface area contributed by atoms with Crippen molar-refractivity contribution in [3.8, 4) is 12.3 Å². The Hall–Kier alpha value is -2.88. The quantitative estimate of drug-likeness (QED) is 0.692. The Morgan fingerprint density at radius 2 is 2.11 bits per heavy atom. The molecule has 1 atom stereocenters. The predicted molar refractivity (Wildman–Crippen MR) is 103 cm³/mol. The van der Waals surface area contributed by atoms with Crippen molar-refractivity contribution in [1.82, 2.24) is 10.6 Å². The van der Waals surface area contributed by atoms with Crippen LogP contribution in [0.15, 0.2) is 34.5 Å². The molecule has 2 N–H and O–H groups in total. The van der Waals surface area contributed by atoms with Gasteiger partial charge in [0, 0.05) is 44.5 Å². The third-order valence-electron chi connectivity index (χ3n) is 4.97. The molecule has 3 rings (SSSR count). The number of nitrogens with one attached hydrogen (secondary N) is 2. The molecule has 3 amide bonds. The van der Waals surface area contributed by atoms with Crippen molar-refractivity contribution in [2.24, 2.45) is 10.2 Å². The van der Waals surface area contributed by atoms with Gasteiger partial charge in [-0.05, 0) is 31.0 Å². The van der Waals surface area contributed by atoms with E-state index in [1.54, 1.807) is 4.90 Å². The fourth-order valence-corrected chi connectivity index (χ4v) is 3.20. The Bertz CT molecular complexity index is 760. The number of hydrogen-bond donors (Lipinski definition) is 2. The van der Waals surface area contributed by atoms with Gasteiger partial charge < -0.3 is 10.6 Å². The molecular formula is C20H25N5O2. The molecule has 7 heteroatoms. The molecule has 0 aliphatic carbocycles. The first-order valence-electron chi connectivity index (χ1n) is 9.35. The van der Waals surface area contributed by atoms with Crippen molar-refractivity contribution in [2.45, 2.75) is 50.7 Å². The minimum atomic E-state index is -0.427. The Labute approximate surface area is 159 Å². The van der Waals surface area contributed by atoms with E-state index in [4.69, 9.17) is 6.42 Å². The third kappa shape index (κ3) is 4.85. The van der Waals surface area contributed by atoms with Crippen LogP contribution in [0.25, 0.3) is 0 Å². The van der Waals surface area contributed by atoms with E-state index >= 15 is 0 Å². The molecule has 0 bridgehead atoms. The van der Waals surface area contributed by atoms with E-state index in [0.717, 1.165) is 30.8 Å². The summed E-state index contributed by atoms with van der Waals surface area (Å²) in [5.41, 5.74) is 1.43. The van der Waals surface area contributed by atoms with Gasteiger partial charge in [-0.25, -0.2) is 4.79 Å². The number of amides is 3. The highest BCUT2D eigenvalue weighted by atomic mass is 16.2. The molecule has 1 unspecified atom stereocenters. The molecule has 2 aliphatic rings. The largest absolute Gasteiger partial charge is 0.350 e. The average Bonchev–Trinajstić information content (AvgIpc) is 3.46. The lowest BCUT2D eigenvalue weighted by Gasteiger charge is -2.27. The summed E-state index contributed by atoms with van der Waals surface area (Å²) < 4.78 is 0. The molecule has 1 aromatic carbocycles. The molecule has 1 fully saturated rings. The van der Waals surface area contributed by atoms with Crippen molar-refractivity contribution in [2.75, 3.05) is 18.0 Å². The Balaban J connectivity index is 1.49. The number of urea groups is 1. The predicted octanol–water partition coefficient (Wildman–Crippen LogP) is 3.14. The second-order valence-electron chi connectivity index (χ2n) is 7.00. The van der Waals surface area contributed by atoms with E-state index in [-0.39, 0.29) is 18.0 Å². The number of hydrogen-bond acceptors (Lipinski definition) is 4. The van der Waals surface area contributed by atoms with Gasteiger partial charge in [0.25, 0.3) is 0 Å². The number of benzene rings is 1. The van der Waals surface area contributed by atoms with Crippen LogP contribution < -0.4 is 15.5 Å². The van der Waals surface area contributed by atoms with Crippen LogP contribution in [0, 0.1) is 12.3 Å². The zero-order valence-corrected chi connectivity index (χ0v) is 15.6. The van der Waals surface area contributed by atoms with Gasteiger partial charge in [-0.2, -0.15) is 10.2 Å². The first-order valence-corrected chi connectivity index (χ1v) is 9.35. The SMILES string of the molecule is C#CCCC1(CCC(=O)NC(C)c2ccc(N3CCCNC3=O)cc2)N=N1. The smallest absolute Gasteiger partial charge is 0.321 e. The minimum Gasteiger partial charge on any atom is -0.350 e. The summed E-state index contributed by atoms with van der Waals surface area (Å²) in [6, 6.07) is 7.55. The van der Waals surface area contributed by atoms with E-state index in [2.05, 4.69) is 26.8 Å². The number of terminal acetylenes is 1. The lowest BCUT2D eigenvalue weighted by Crippen LogP contribution is -2.46. The van der Waals surface area contributed by atoms with Crippen LogP contribution in [0.3, 0.4) is 0 Å². The fraction of sp³-hybridized carbons (Fsp3) is 0.500. The molecule has 27 heavy (non-hydrogen) atoms. The lowest BCUT2D eigenvalue weighted by molar-refractivity contribution is -0.122. The Morgan fingerprint density at radius 3 is 2.74 bits per heavy atom. The average molecular weight is 367 g/mol. The topological polar surface area (TPSA) is 86.2 Å². The van der Waals surface area contributed by atoms with Crippen molar-refractivity contribution in [3.63, 3.8) is 0 Å². The first-order chi connectivity index (χ1) is 13.0. The van der Waals surface area contributed by atoms with Crippen LogP contribution in [-0.2, 0) is 4.79 Å². The highest BCUT2D eigenvalue weighted by Crippen LogP contribution is 2.37. The van der Waals surface area contributed by atoms with Gasteiger partial charge in [0.05, 0.1) is 6.04 Å².